The summed E-state index contributed by atoms with van der Waals surface area (Å²) in [4.78, 5) is 31.1. The molecule has 2 atom stereocenters. The van der Waals surface area contributed by atoms with Gasteiger partial charge in [0.1, 0.15) is 11.7 Å². The molecule has 0 spiro atoms. The standard InChI is InChI=1S/C28H37F5N4O5Si/c1-26(2,3)43(6,7)42-13-12-35-24(38)19-14-17(10-11-34-19)36-25(39)21-15-27(41-5,28(31,32)33)16-37(21)20-9-8-18(29)22(30)23(20)40-4/h8-11,14,21H,12-13,15-16H2,1-7H3,(H,35,38)(H,34,36,39)/t21-,27+/m0/s1. The minimum atomic E-state index is -4.91. The highest BCUT2D eigenvalue weighted by molar-refractivity contribution is 6.74. The summed E-state index contributed by atoms with van der Waals surface area (Å²) >= 11 is 0. The summed E-state index contributed by atoms with van der Waals surface area (Å²) in [6, 6.07) is 2.85. The van der Waals surface area contributed by atoms with Crippen LogP contribution in [0.25, 0.3) is 0 Å². The van der Waals surface area contributed by atoms with E-state index in [1.54, 1.807) is 0 Å². The Labute approximate surface area is 248 Å². The van der Waals surface area contributed by atoms with E-state index in [0.29, 0.717) is 6.61 Å². The number of nitrogens with zero attached hydrogens (tertiary/aromatic N) is 2. The number of anilines is 2. The number of halogens is 5. The number of carbonyl (C=O) groups excluding carboxylic acids is 2. The Bertz CT molecular complexity index is 1340. The van der Waals surface area contributed by atoms with Gasteiger partial charge >= 0.3 is 6.18 Å². The van der Waals surface area contributed by atoms with E-state index in [-0.39, 0.29) is 28.7 Å². The number of nitrogens with one attached hydrogen (secondary N) is 2. The quantitative estimate of drug-likeness (QED) is 0.209. The summed E-state index contributed by atoms with van der Waals surface area (Å²) in [6.07, 6.45) is -4.50. The molecule has 2 N–H and O–H groups in total. The Hall–Kier alpha value is -3.30. The van der Waals surface area contributed by atoms with Crippen LogP contribution in [0.4, 0.5) is 33.3 Å². The molecule has 1 fully saturated rings. The minimum Gasteiger partial charge on any atom is -0.491 e. The fraction of sp³-hybridized carbons (Fsp3) is 0.536. The van der Waals surface area contributed by atoms with Crippen molar-refractivity contribution < 1.29 is 45.4 Å². The highest BCUT2D eigenvalue weighted by atomic mass is 28.4. The Morgan fingerprint density at radius 2 is 1.81 bits per heavy atom. The monoisotopic (exact) mass is 632 g/mol. The van der Waals surface area contributed by atoms with Gasteiger partial charge in [-0.25, -0.2) is 4.39 Å². The first-order valence-corrected chi connectivity index (χ1v) is 16.4. The SMILES string of the molecule is COc1c(N2C[C@@](OC)(C(F)(F)F)C[C@H]2C(=O)Nc2ccnc(C(=O)NCCO[Si](C)(C)C(C)(C)C)c2)ccc(F)c1F. The number of methoxy groups -OCH3 is 2. The first kappa shape index (κ1) is 34.2. The van der Waals surface area contributed by atoms with Crippen molar-refractivity contribution in [1.82, 2.24) is 10.3 Å². The second-order valence-electron chi connectivity index (χ2n) is 11.7. The maximum Gasteiger partial charge on any atom is 0.419 e. The number of ether oxygens (including phenoxy) is 2. The highest BCUT2D eigenvalue weighted by Gasteiger charge is 2.63. The average Bonchev–Trinajstić information content (AvgIpc) is 3.33. The van der Waals surface area contributed by atoms with E-state index < -0.39 is 68.3 Å². The van der Waals surface area contributed by atoms with Gasteiger partial charge in [0.05, 0.1) is 25.9 Å². The van der Waals surface area contributed by atoms with E-state index in [1.807, 2.05) is 0 Å². The normalized spacial score (nSPS) is 19.3. The van der Waals surface area contributed by atoms with Gasteiger partial charge in [0.15, 0.2) is 25.5 Å². The van der Waals surface area contributed by atoms with Crippen molar-refractivity contribution in [2.75, 3.05) is 44.1 Å². The van der Waals surface area contributed by atoms with Gasteiger partial charge in [0, 0.05) is 32.0 Å². The third-order valence-electron chi connectivity index (χ3n) is 7.99. The van der Waals surface area contributed by atoms with Crippen LogP contribution in [0.3, 0.4) is 0 Å². The van der Waals surface area contributed by atoms with Crippen molar-refractivity contribution in [3.63, 3.8) is 0 Å². The lowest BCUT2D eigenvalue weighted by molar-refractivity contribution is -0.261. The molecule has 0 saturated carbocycles. The van der Waals surface area contributed by atoms with Crippen molar-refractivity contribution in [1.29, 1.82) is 0 Å². The van der Waals surface area contributed by atoms with Crippen LogP contribution in [0.1, 0.15) is 37.7 Å². The minimum absolute atomic E-state index is 0.000983. The van der Waals surface area contributed by atoms with E-state index in [1.165, 1.54) is 18.3 Å². The molecule has 43 heavy (non-hydrogen) atoms. The molecule has 0 aliphatic carbocycles. The van der Waals surface area contributed by atoms with Gasteiger partial charge in [-0.1, -0.05) is 20.8 Å². The number of amides is 2. The third-order valence-corrected chi connectivity index (χ3v) is 12.5. The molecule has 1 aliphatic rings. The molecule has 1 aromatic heterocycles. The Morgan fingerprint density at radius 3 is 2.40 bits per heavy atom. The lowest BCUT2D eigenvalue weighted by Crippen LogP contribution is -2.49. The fourth-order valence-electron chi connectivity index (χ4n) is 4.41. The van der Waals surface area contributed by atoms with Crippen LogP contribution >= 0.6 is 0 Å². The number of carbonyl (C=O) groups is 2. The van der Waals surface area contributed by atoms with Crippen molar-refractivity contribution in [3.05, 3.63) is 47.8 Å². The van der Waals surface area contributed by atoms with Crippen LogP contribution in [0.5, 0.6) is 5.75 Å². The number of hydrogen-bond acceptors (Lipinski definition) is 7. The molecule has 3 rings (SSSR count). The van der Waals surface area contributed by atoms with Crippen molar-refractivity contribution in [3.8, 4) is 5.75 Å². The second kappa shape index (κ2) is 12.7. The van der Waals surface area contributed by atoms with Gasteiger partial charge in [-0.2, -0.15) is 17.6 Å². The van der Waals surface area contributed by atoms with Gasteiger partial charge in [-0.15, -0.1) is 0 Å². The van der Waals surface area contributed by atoms with Crippen LogP contribution in [-0.4, -0.2) is 76.9 Å². The zero-order valence-electron chi connectivity index (χ0n) is 25.1. The number of hydrogen-bond donors (Lipinski definition) is 2. The smallest absolute Gasteiger partial charge is 0.419 e. The number of alkyl halides is 3. The highest BCUT2D eigenvalue weighted by Crippen LogP contribution is 2.47. The van der Waals surface area contributed by atoms with Crippen molar-refractivity contribution in [2.24, 2.45) is 0 Å². The van der Waals surface area contributed by atoms with Crippen LogP contribution in [0.2, 0.25) is 18.1 Å². The molecule has 1 aromatic carbocycles. The van der Waals surface area contributed by atoms with Gasteiger partial charge in [-0.3, -0.25) is 14.6 Å². The van der Waals surface area contributed by atoms with Crippen molar-refractivity contribution >= 4 is 31.5 Å². The number of benzene rings is 1. The van der Waals surface area contributed by atoms with E-state index >= 15 is 0 Å². The van der Waals surface area contributed by atoms with Crippen LogP contribution in [-0.2, 0) is 14.0 Å². The van der Waals surface area contributed by atoms with Gasteiger partial charge in [0.25, 0.3) is 5.91 Å². The molecular weight excluding hydrogens is 595 g/mol. The summed E-state index contributed by atoms with van der Waals surface area (Å²) in [7, 11) is -0.118. The van der Waals surface area contributed by atoms with E-state index in [9.17, 15) is 31.5 Å². The largest absolute Gasteiger partial charge is 0.491 e. The third kappa shape index (κ3) is 7.26. The molecule has 1 saturated heterocycles. The Morgan fingerprint density at radius 1 is 1.14 bits per heavy atom. The zero-order chi connectivity index (χ0) is 32.4. The Balaban J connectivity index is 1.81. The van der Waals surface area contributed by atoms with Crippen molar-refractivity contribution in [2.45, 2.75) is 63.1 Å². The maximum absolute atomic E-state index is 14.5. The summed E-state index contributed by atoms with van der Waals surface area (Å²) in [5.41, 5.74) is -3.01. The fourth-order valence-corrected chi connectivity index (χ4v) is 5.45. The maximum atomic E-state index is 14.5. The second-order valence-corrected chi connectivity index (χ2v) is 16.6. The molecule has 0 unspecified atom stereocenters. The summed E-state index contributed by atoms with van der Waals surface area (Å²) in [5, 5.41) is 5.21. The number of pyridine rings is 1. The average molecular weight is 633 g/mol. The molecule has 2 amide bonds. The van der Waals surface area contributed by atoms with Gasteiger partial charge < -0.3 is 29.4 Å². The van der Waals surface area contributed by atoms with Crippen LogP contribution in [0.15, 0.2) is 30.5 Å². The molecule has 2 heterocycles. The first-order chi connectivity index (χ1) is 19.9. The molecule has 2 aromatic rings. The molecule has 1 aliphatic heterocycles. The summed E-state index contributed by atoms with van der Waals surface area (Å²) in [5.74, 6) is -4.80. The predicted molar refractivity (Wildman–Crippen MR) is 153 cm³/mol. The van der Waals surface area contributed by atoms with Crippen LogP contribution < -0.4 is 20.3 Å². The Kier molecular flexibility index (Phi) is 10.1. The number of aromatic nitrogens is 1. The topological polar surface area (TPSA) is 102 Å². The molecule has 0 radical (unpaired) electrons. The van der Waals surface area contributed by atoms with Crippen LogP contribution in [0, 0.1) is 11.6 Å². The van der Waals surface area contributed by atoms with E-state index in [0.717, 1.165) is 31.3 Å². The lowest BCUT2D eigenvalue weighted by atomic mass is 9.99. The molecule has 9 nitrogen and oxygen atoms in total. The molecular formula is C28H37F5N4O5Si. The first-order valence-electron chi connectivity index (χ1n) is 13.5. The summed E-state index contributed by atoms with van der Waals surface area (Å²) < 4.78 is 86.8. The molecule has 15 heteroatoms. The van der Waals surface area contributed by atoms with Gasteiger partial charge in [0.2, 0.25) is 11.7 Å². The number of rotatable bonds is 10. The molecule has 238 valence electrons. The van der Waals surface area contributed by atoms with E-state index in [2.05, 4.69) is 49.5 Å². The predicted octanol–water partition coefficient (Wildman–Crippen LogP) is 5.28. The lowest BCUT2D eigenvalue weighted by Gasteiger charge is -2.36. The van der Waals surface area contributed by atoms with E-state index in [4.69, 9.17) is 13.9 Å². The summed E-state index contributed by atoms with van der Waals surface area (Å²) in [6.45, 7) is 10.1. The zero-order valence-corrected chi connectivity index (χ0v) is 26.1. The molecule has 0 bridgehead atoms. The van der Waals surface area contributed by atoms with Gasteiger partial charge in [-0.05, 0) is 42.4 Å².